The standard InChI is InChI=1S/C21H31N3O2/c1-15-9-10-16(2)23(15)19-8-6-7-18(17-11-13-22-14-12-17)24(19)20(25)26-21(3,4)5/h6-10,17,19,22H,11-14H2,1-5H3. The van der Waals surface area contributed by atoms with Crippen molar-refractivity contribution in [2.45, 2.75) is 59.2 Å². The van der Waals surface area contributed by atoms with Crippen LogP contribution < -0.4 is 5.32 Å². The Bertz CT molecular complexity index is 699. The maximum atomic E-state index is 13.2. The largest absolute Gasteiger partial charge is 0.443 e. The SMILES string of the molecule is Cc1ccc(C)n1C1C=CC=C(C2CCNCC2)N1C(=O)OC(C)(C)C. The minimum Gasteiger partial charge on any atom is -0.443 e. The summed E-state index contributed by atoms with van der Waals surface area (Å²) in [5.41, 5.74) is 2.82. The zero-order valence-electron chi connectivity index (χ0n) is 16.6. The van der Waals surface area contributed by atoms with E-state index in [1.54, 1.807) is 0 Å². The summed E-state index contributed by atoms with van der Waals surface area (Å²) in [5.74, 6) is 0.368. The van der Waals surface area contributed by atoms with Crippen LogP contribution in [0.4, 0.5) is 4.79 Å². The second-order valence-electron chi connectivity index (χ2n) is 8.25. The predicted octanol–water partition coefficient (Wildman–Crippen LogP) is 4.29. The molecule has 142 valence electrons. The van der Waals surface area contributed by atoms with E-state index < -0.39 is 5.60 Å². The van der Waals surface area contributed by atoms with E-state index in [0.29, 0.717) is 5.92 Å². The summed E-state index contributed by atoms with van der Waals surface area (Å²) in [6.07, 6.45) is 7.87. The van der Waals surface area contributed by atoms with Gasteiger partial charge in [0.2, 0.25) is 0 Å². The number of hydrogen-bond acceptors (Lipinski definition) is 3. The van der Waals surface area contributed by atoms with Gasteiger partial charge in [0.15, 0.2) is 0 Å². The molecule has 0 aliphatic carbocycles. The number of nitrogens with one attached hydrogen (secondary N) is 1. The quantitative estimate of drug-likeness (QED) is 0.859. The molecule has 0 bridgehead atoms. The first kappa shape index (κ1) is 18.8. The fourth-order valence-electron chi connectivity index (χ4n) is 3.85. The first-order valence-corrected chi connectivity index (χ1v) is 9.53. The topological polar surface area (TPSA) is 46.5 Å². The number of ether oxygens (including phenoxy) is 1. The van der Waals surface area contributed by atoms with Gasteiger partial charge in [0.05, 0.1) is 0 Å². The molecule has 1 aromatic rings. The van der Waals surface area contributed by atoms with Crippen LogP contribution in [-0.4, -0.2) is 34.3 Å². The number of aryl methyl sites for hydroxylation is 2. The average molecular weight is 357 g/mol. The van der Waals surface area contributed by atoms with Crippen molar-refractivity contribution in [2.24, 2.45) is 5.92 Å². The molecule has 1 saturated heterocycles. The van der Waals surface area contributed by atoms with Gasteiger partial charge in [-0.3, -0.25) is 4.90 Å². The van der Waals surface area contributed by atoms with E-state index in [1.165, 1.54) is 0 Å². The van der Waals surface area contributed by atoms with Crippen LogP contribution in [0, 0.1) is 19.8 Å². The van der Waals surface area contributed by atoms with E-state index in [4.69, 9.17) is 4.74 Å². The van der Waals surface area contributed by atoms with Crippen molar-refractivity contribution in [2.75, 3.05) is 13.1 Å². The van der Waals surface area contributed by atoms with Crippen LogP contribution in [0.15, 0.2) is 36.1 Å². The third-order valence-corrected chi connectivity index (χ3v) is 5.03. The Kier molecular flexibility index (Phi) is 5.28. The van der Waals surface area contributed by atoms with Gasteiger partial charge >= 0.3 is 6.09 Å². The molecule has 0 spiro atoms. The molecule has 1 N–H and O–H groups in total. The molecule has 26 heavy (non-hydrogen) atoms. The summed E-state index contributed by atoms with van der Waals surface area (Å²) >= 11 is 0. The lowest BCUT2D eigenvalue weighted by Gasteiger charge is -2.40. The van der Waals surface area contributed by atoms with E-state index in [-0.39, 0.29) is 12.3 Å². The van der Waals surface area contributed by atoms with E-state index in [0.717, 1.165) is 43.0 Å². The molecule has 2 aliphatic rings. The van der Waals surface area contributed by atoms with Crippen molar-refractivity contribution in [3.8, 4) is 0 Å². The maximum Gasteiger partial charge on any atom is 0.416 e. The molecule has 5 nitrogen and oxygen atoms in total. The highest BCUT2D eigenvalue weighted by molar-refractivity contribution is 5.72. The Labute approximate surface area is 156 Å². The van der Waals surface area contributed by atoms with Gasteiger partial charge in [-0.15, -0.1) is 0 Å². The Balaban J connectivity index is 1.99. The molecule has 0 aromatic carbocycles. The monoisotopic (exact) mass is 357 g/mol. The number of rotatable bonds is 2. The second kappa shape index (κ2) is 7.31. The van der Waals surface area contributed by atoms with Crippen LogP contribution in [0.3, 0.4) is 0 Å². The number of piperidine rings is 1. The van der Waals surface area contributed by atoms with Crippen LogP contribution >= 0.6 is 0 Å². The lowest BCUT2D eigenvalue weighted by atomic mass is 9.92. The Morgan fingerprint density at radius 2 is 1.77 bits per heavy atom. The molecule has 0 saturated carbocycles. The van der Waals surface area contributed by atoms with E-state index in [1.807, 2.05) is 25.7 Å². The van der Waals surface area contributed by atoms with Gasteiger partial charge in [0.25, 0.3) is 0 Å². The first-order chi connectivity index (χ1) is 12.3. The van der Waals surface area contributed by atoms with Crippen molar-refractivity contribution >= 4 is 6.09 Å². The summed E-state index contributed by atoms with van der Waals surface area (Å²) < 4.78 is 7.99. The lowest BCUT2D eigenvalue weighted by molar-refractivity contribution is 0.0180. The summed E-state index contributed by atoms with van der Waals surface area (Å²) in [6.45, 7) is 11.9. The van der Waals surface area contributed by atoms with Crippen LogP contribution in [-0.2, 0) is 4.74 Å². The zero-order valence-corrected chi connectivity index (χ0v) is 16.6. The van der Waals surface area contributed by atoms with E-state index >= 15 is 0 Å². The molecule has 1 amide bonds. The van der Waals surface area contributed by atoms with Gasteiger partial charge in [-0.1, -0.05) is 6.08 Å². The van der Waals surface area contributed by atoms with Crippen LogP contribution in [0.25, 0.3) is 0 Å². The lowest BCUT2D eigenvalue weighted by Crippen LogP contribution is -2.44. The van der Waals surface area contributed by atoms with Gasteiger partial charge in [-0.25, -0.2) is 4.79 Å². The molecule has 3 rings (SSSR count). The highest BCUT2D eigenvalue weighted by Gasteiger charge is 2.36. The Morgan fingerprint density at radius 3 is 2.35 bits per heavy atom. The third-order valence-electron chi connectivity index (χ3n) is 5.03. The fraction of sp³-hybridized carbons (Fsp3) is 0.571. The zero-order chi connectivity index (χ0) is 18.9. The van der Waals surface area contributed by atoms with Crippen molar-refractivity contribution in [1.82, 2.24) is 14.8 Å². The van der Waals surface area contributed by atoms with Gasteiger partial charge in [0.1, 0.15) is 11.8 Å². The maximum absolute atomic E-state index is 13.2. The summed E-state index contributed by atoms with van der Waals surface area (Å²) in [5, 5.41) is 3.41. The molecular formula is C21H31N3O2. The molecule has 1 unspecified atom stereocenters. The fourth-order valence-corrected chi connectivity index (χ4v) is 3.85. The molecule has 0 radical (unpaired) electrons. The molecule has 1 aromatic heterocycles. The van der Waals surface area contributed by atoms with Gasteiger partial charge < -0.3 is 14.6 Å². The molecule has 3 heterocycles. The van der Waals surface area contributed by atoms with Crippen molar-refractivity contribution in [1.29, 1.82) is 0 Å². The molecule has 1 atom stereocenters. The number of nitrogens with zero attached hydrogens (tertiary/aromatic N) is 2. The predicted molar refractivity (Wildman–Crippen MR) is 104 cm³/mol. The van der Waals surface area contributed by atoms with Crippen LogP contribution in [0.5, 0.6) is 0 Å². The molecule has 2 aliphatic heterocycles. The first-order valence-electron chi connectivity index (χ1n) is 9.53. The summed E-state index contributed by atoms with van der Waals surface area (Å²) in [4.78, 5) is 15.1. The highest BCUT2D eigenvalue weighted by atomic mass is 16.6. The summed E-state index contributed by atoms with van der Waals surface area (Å²) in [6, 6.07) is 4.19. The summed E-state index contributed by atoms with van der Waals surface area (Å²) in [7, 11) is 0. The Morgan fingerprint density at radius 1 is 1.15 bits per heavy atom. The second-order valence-corrected chi connectivity index (χ2v) is 8.25. The number of amides is 1. The number of carbonyl (C=O) groups is 1. The number of allylic oxidation sites excluding steroid dienone is 3. The molecular weight excluding hydrogens is 326 g/mol. The van der Waals surface area contributed by atoms with Crippen molar-refractivity contribution < 1.29 is 9.53 Å². The molecule has 5 heteroatoms. The number of hydrogen-bond donors (Lipinski definition) is 1. The smallest absolute Gasteiger partial charge is 0.416 e. The van der Waals surface area contributed by atoms with E-state index in [9.17, 15) is 4.79 Å². The van der Waals surface area contributed by atoms with Gasteiger partial charge in [-0.05, 0) is 84.8 Å². The molecule has 1 fully saturated rings. The van der Waals surface area contributed by atoms with Gasteiger partial charge in [-0.2, -0.15) is 0 Å². The van der Waals surface area contributed by atoms with Gasteiger partial charge in [0, 0.05) is 23.0 Å². The van der Waals surface area contributed by atoms with E-state index in [2.05, 4.69) is 54.1 Å². The van der Waals surface area contributed by atoms with Crippen molar-refractivity contribution in [3.63, 3.8) is 0 Å². The number of aromatic nitrogens is 1. The van der Waals surface area contributed by atoms with Crippen molar-refractivity contribution in [3.05, 3.63) is 47.4 Å². The average Bonchev–Trinajstić information content (AvgIpc) is 2.92. The highest BCUT2D eigenvalue weighted by Crippen LogP contribution is 2.35. The van der Waals surface area contributed by atoms with Crippen LogP contribution in [0.2, 0.25) is 0 Å². The third kappa shape index (κ3) is 3.88. The minimum absolute atomic E-state index is 0.185. The van der Waals surface area contributed by atoms with Crippen LogP contribution in [0.1, 0.15) is 51.2 Å². The Hall–Kier alpha value is -2.01. The minimum atomic E-state index is -0.525. The number of carbonyl (C=O) groups excluding carboxylic acids is 1. The normalized spacial score (nSPS) is 21.7.